The molecule has 2 unspecified atom stereocenters. The van der Waals surface area contributed by atoms with Gasteiger partial charge < -0.3 is 15.1 Å². The number of hydrogen-bond acceptors (Lipinski definition) is 5. The fraction of sp³-hybridized carbons (Fsp3) is 0.294. The first kappa shape index (κ1) is 20.1. The van der Waals surface area contributed by atoms with E-state index in [0.29, 0.717) is 6.42 Å². The number of carbonyl (C=O) groups is 2. The minimum Gasteiger partial charge on any atom is -0.481 e. The number of carboxylic acids is 2. The number of phosphoric ester groups is 1. The summed E-state index contributed by atoms with van der Waals surface area (Å²) in [4.78, 5) is 31.2. The molecule has 2 aromatic carbocycles. The monoisotopic (exact) mass is 382 g/mol. The molecule has 0 fully saturated rings. The fourth-order valence-corrected chi connectivity index (χ4v) is 3.35. The van der Waals surface area contributed by atoms with Gasteiger partial charge in [0.2, 0.25) is 0 Å². The summed E-state index contributed by atoms with van der Waals surface area (Å²) < 4.78 is 21.4. The first-order chi connectivity index (χ1) is 12.3. The number of aliphatic carboxylic acids is 2. The van der Waals surface area contributed by atoms with Crippen molar-refractivity contribution in [1.29, 1.82) is 0 Å². The lowest BCUT2D eigenvalue weighted by molar-refractivity contribution is -0.147. The normalized spacial score (nSPS) is 14.7. The fourth-order valence-electron chi connectivity index (χ4n) is 2.45. The minimum atomic E-state index is -4.63. The first-order valence-electron chi connectivity index (χ1n) is 7.85. The minimum absolute atomic E-state index is 0.160. The third-order valence-corrected chi connectivity index (χ3v) is 4.69. The van der Waals surface area contributed by atoms with Crippen LogP contribution in [0, 0.1) is 0 Å². The maximum Gasteiger partial charge on any atom is 0.473 e. The molecular weight excluding hydrogens is 363 g/mol. The summed E-state index contributed by atoms with van der Waals surface area (Å²) >= 11 is 0. The van der Waals surface area contributed by atoms with Crippen LogP contribution in [0.3, 0.4) is 0 Å². The van der Waals surface area contributed by atoms with Gasteiger partial charge >= 0.3 is 19.8 Å². The lowest BCUT2D eigenvalue weighted by Gasteiger charge is -2.17. The third kappa shape index (κ3) is 5.93. The molecule has 0 spiro atoms. The van der Waals surface area contributed by atoms with Crippen LogP contribution in [0.4, 0.5) is 0 Å². The average Bonchev–Trinajstić information content (AvgIpc) is 2.58. The van der Waals surface area contributed by atoms with E-state index < -0.39 is 38.7 Å². The summed E-state index contributed by atoms with van der Waals surface area (Å²) in [6.45, 7) is -0.160. The zero-order valence-electron chi connectivity index (χ0n) is 13.8. The van der Waals surface area contributed by atoms with Gasteiger partial charge in [0.15, 0.2) is 6.10 Å². The summed E-state index contributed by atoms with van der Waals surface area (Å²) in [6, 6.07) is 13.3. The Labute approximate surface area is 149 Å². The van der Waals surface area contributed by atoms with Gasteiger partial charge in [-0.2, -0.15) is 0 Å². The summed E-state index contributed by atoms with van der Waals surface area (Å²) in [5, 5.41) is 19.6. The average molecular weight is 382 g/mol. The van der Waals surface area contributed by atoms with Crippen LogP contribution in [0.2, 0.25) is 0 Å². The second-order valence-electron chi connectivity index (χ2n) is 5.55. The zero-order valence-corrected chi connectivity index (χ0v) is 14.7. The standard InChI is InChI=1S/C17H19O8P/c18-16(19)9-8-15(17(20)21)25-26(22,23)24-11-10-13-6-3-5-12-4-1-2-7-14(12)13/h1-7,15H,8-11H2,(H,18,19)(H,20,21)(H,22,23). The largest absolute Gasteiger partial charge is 0.481 e. The zero-order chi connectivity index (χ0) is 19.2. The van der Waals surface area contributed by atoms with E-state index in [1.54, 1.807) is 0 Å². The van der Waals surface area contributed by atoms with Gasteiger partial charge in [-0.25, -0.2) is 9.36 Å². The van der Waals surface area contributed by atoms with E-state index in [-0.39, 0.29) is 6.61 Å². The summed E-state index contributed by atoms with van der Waals surface area (Å²) in [6.07, 6.45) is -2.36. The van der Waals surface area contributed by atoms with Crippen molar-refractivity contribution < 1.29 is 38.3 Å². The lowest BCUT2D eigenvalue weighted by atomic mass is 10.0. The molecule has 0 aromatic heterocycles. The van der Waals surface area contributed by atoms with Crippen LogP contribution < -0.4 is 0 Å². The molecule has 140 valence electrons. The van der Waals surface area contributed by atoms with Crippen LogP contribution in [0.25, 0.3) is 10.8 Å². The molecule has 9 heteroatoms. The second kappa shape index (κ2) is 8.91. The van der Waals surface area contributed by atoms with Crippen molar-refractivity contribution in [2.45, 2.75) is 25.4 Å². The third-order valence-electron chi connectivity index (χ3n) is 3.66. The highest BCUT2D eigenvalue weighted by Crippen LogP contribution is 2.45. The molecule has 3 N–H and O–H groups in total. The Kier molecular flexibility index (Phi) is 6.88. The van der Waals surface area contributed by atoms with Gasteiger partial charge in [0.1, 0.15) is 0 Å². The number of fused-ring (bicyclic) bond motifs is 1. The molecule has 0 radical (unpaired) electrons. The van der Waals surface area contributed by atoms with Crippen molar-refractivity contribution in [2.24, 2.45) is 0 Å². The molecule has 0 saturated carbocycles. The quantitative estimate of drug-likeness (QED) is 0.535. The van der Waals surface area contributed by atoms with E-state index in [1.807, 2.05) is 42.5 Å². The van der Waals surface area contributed by atoms with Crippen LogP contribution in [-0.4, -0.2) is 39.8 Å². The van der Waals surface area contributed by atoms with Gasteiger partial charge in [-0.15, -0.1) is 0 Å². The van der Waals surface area contributed by atoms with Crippen molar-refractivity contribution in [3.05, 3.63) is 48.0 Å². The van der Waals surface area contributed by atoms with Crippen molar-refractivity contribution in [3.63, 3.8) is 0 Å². The highest BCUT2D eigenvalue weighted by atomic mass is 31.2. The maximum atomic E-state index is 11.9. The maximum absolute atomic E-state index is 11.9. The van der Waals surface area contributed by atoms with Gasteiger partial charge in [-0.05, 0) is 29.2 Å². The van der Waals surface area contributed by atoms with Crippen molar-refractivity contribution >= 4 is 30.5 Å². The highest BCUT2D eigenvalue weighted by molar-refractivity contribution is 7.47. The highest BCUT2D eigenvalue weighted by Gasteiger charge is 2.31. The van der Waals surface area contributed by atoms with Gasteiger partial charge in [-0.3, -0.25) is 13.8 Å². The SMILES string of the molecule is O=C(O)CCC(OP(=O)(O)OCCc1cccc2ccccc12)C(=O)O. The topological polar surface area (TPSA) is 130 Å². The van der Waals surface area contributed by atoms with Crippen molar-refractivity contribution in [1.82, 2.24) is 0 Å². The van der Waals surface area contributed by atoms with Crippen LogP contribution in [0.15, 0.2) is 42.5 Å². The molecule has 0 aliphatic rings. The van der Waals surface area contributed by atoms with E-state index in [1.165, 1.54) is 0 Å². The predicted octanol–water partition coefficient (Wildman–Crippen LogP) is 2.83. The Morgan fingerprint density at radius 1 is 1.08 bits per heavy atom. The number of phosphoric acid groups is 1. The Bertz CT molecular complexity index is 829. The Balaban J connectivity index is 1.95. The number of carboxylic acid groups (broad SMARTS) is 2. The summed E-state index contributed by atoms with van der Waals surface area (Å²) in [5.74, 6) is -2.76. The van der Waals surface area contributed by atoms with E-state index in [0.717, 1.165) is 16.3 Å². The number of rotatable bonds is 10. The van der Waals surface area contributed by atoms with Crippen molar-refractivity contribution in [2.75, 3.05) is 6.61 Å². The molecule has 0 bridgehead atoms. The molecule has 0 aliphatic carbocycles. The molecule has 0 amide bonds. The molecule has 0 aliphatic heterocycles. The molecular formula is C17H19O8P. The molecule has 0 saturated heterocycles. The van der Waals surface area contributed by atoms with E-state index in [2.05, 4.69) is 4.52 Å². The molecule has 8 nitrogen and oxygen atoms in total. The van der Waals surface area contributed by atoms with Crippen LogP contribution in [-0.2, 0) is 29.6 Å². The second-order valence-corrected chi connectivity index (χ2v) is 6.96. The Hall–Kier alpha value is -2.25. The van der Waals surface area contributed by atoms with Crippen molar-refractivity contribution in [3.8, 4) is 0 Å². The summed E-state index contributed by atoms with van der Waals surface area (Å²) in [7, 11) is -4.63. The first-order valence-corrected chi connectivity index (χ1v) is 9.35. The summed E-state index contributed by atoms with van der Waals surface area (Å²) in [5.41, 5.74) is 0.906. The van der Waals surface area contributed by atoms with Gasteiger partial charge in [0.25, 0.3) is 0 Å². The number of hydrogen-bond donors (Lipinski definition) is 3. The van der Waals surface area contributed by atoms with Crippen LogP contribution in [0.1, 0.15) is 18.4 Å². The predicted molar refractivity (Wildman–Crippen MR) is 92.8 cm³/mol. The molecule has 26 heavy (non-hydrogen) atoms. The Morgan fingerprint density at radius 3 is 2.46 bits per heavy atom. The molecule has 2 atom stereocenters. The molecule has 0 heterocycles. The van der Waals surface area contributed by atoms with Crippen LogP contribution >= 0.6 is 7.82 Å². The van der Waals surface area contributed by atoms with Gasteiger partial charge in [-0.1, -0.05) is 42.5 Å². The Morgan fingerprint density at radius 2 is 1.77 bits per heavy atom. The van der Waals surface area contributed by atoms with E-state index in [4.69, 9.17) is 14.7 Å². The van der Waals surface area contributed by atoms with Crippen LogP contribution in [0.5, 0.6) is 0 Å². The molecule has 2 aromatic rings. The van der Waals surface area contributed by atoms with E-state index >= 15 is 0 Å². The smallest absolute Gasteiger partial charge is 0.473 e. The van der Waals surface area contributed by atoms with Gasteiger partial charge in [0, 0.05) is 6.42 Å². The lowest BCUT2D eigenvalue weighted by Crippen LogP contribution is -2.24. The van der Waals surface area contributed by atoms with E-state index in [9.17, 15) is 19.0 Å². The van der Waals surface area contributed by atoms with Gasteiger partial charge in [0.05, 0.1) is 6.61 Å². The number of benzene rings is 2. The molecule has 2 rings (SSSR count).